The number of carbonyl (C=O) groups excluding carboxylic acids is 2. The van der Waals surface area contributed by atoms with Crippen LogP contribution in [0.2, 0.25) is 0 Å². The molecule has 0 aromatic carbocycles. The van der Waals surface area contributed by atoms with Gasteiger partial charge in [-0.15, -0.1) is 0 Å². The molecule has 1 atom stereocenters. The van der Waals surface area contributed by atoms with E-state index in [1.807, 2.05) is 0 Å². The lowest BCUT2D eigenvalue weighted by atomic mass is 9.86. The van der Waals surface area contributed by atoms with Gasteiger partial charge in [-0.2, -0.15) is 0 Å². The molecule has 4 heteroatoms. The molecule has 0 radical (unpaired) electrons. The third-order valence-corrected chi connectivity index (χ3v) is 3.28. The molecule has 0 amide bonds. The monoisotopic (exact) mass is 314 g/mol. The fraction of sp³-hybridized carbons (Fsp3) is 0.889. The highest BCUT2D eigenvalue weighted by Crippen LogP contribution is 2.24. The summed E-state index contributed by atoms with van der Waals surface area (Å²) >= 11 is 0. The molecule has 0 fully saturated rings. The maximum atomic E-state index is 11.6. The number of hydrogen-bond acceptors (Lipinski definition) is 4. The number of hydrogen-bond donors (Lipinski definition) is 0. The van der Waals surface area contributed by atoms with Gasteiger partial charge in [-0.05, 0) is 24.2 Å². The second kappa shape index (κ2) is 11.5. The zero-order valence-electron chi connectivity index (χ0n) is 15.1. The van der Waals surface area contributed by atoms with E-state index in [1.54, 1.807) is 0 Å². The van der Waals surface area contributed by atoms with Gasteiger partial charge in [0.2, 0.25) is 0 Å². The summed E-state index contributed by atoms with van der Waals surface area (Å²) < 4.78 is 10.3. The van der Waals surface area contributed by atoms with Crippen molar-refractivity contribution in [1.82, 2.24) is 0 Å². The molecule has 4 nitrogen and oxygen atoms in total. The molecule has 0 saturated heterocycles. The molecule has 1 unspecified atom stereocenters. The van der Waals surface area contributed by atoms with Crippen LogP contribution in [0.25, 0.3) is 0 Å². The van der Waals surface area contributed by atoms with Crippen molar-refractivity contribution in [2.24, 2.45) is 11.3 Å². The maximum absolute atomic E-state index is 11.6. The Morgan fingerprint density at radius 1 is 0.955 bits per heavy atom. The molecular formula is C18H34O4. The topological polar surface area (TPSA) is 52.6 Å². The van der Waals surface area contributed by atoms with Gasteiger partial charge in [0.05, 0.1) is 26.1 Å². The van der Waals surface area contributed by atoms with Crippen LogP contribution in [0.1, 0.15) is 79.6 Å². The number of carbonyl (C=O) groups is 2. The molecule has 0 heterocycles. The van der Waals surface area contributed by atoms with Crippen molar-refractivity contribution in [2.75, 3.05) is 13.2 Å². The lowest BCUT2D eigenvalue weighted by molar-refractivity contribution is -0.151. The first-order chi connectivity index (χ1) is 10.2. The molecule has 0 aromatic rings. The first kappa shape index (κ1) is 20.9. The maximum Gasteiger partial charge on any atom is 0.306 e. The average Bonchev–Trinajstić information content (AvgIpc) is 2.41. The summed E-state index contributed by atoms with van der Waals surface area (Å²) in [6.07, 6.45) is 5.52. The smallest absolute Gasteiger partial charge is 0.306 e. The van der Waals surface area contributed by atoms with Crippen LogP contribution < -0.4 is 0 Å². The summed E-state index contributed by atoms with van der Waals surface area (Å²) in [6, 6.07) is 0. The molecular weight excluding hydrogens is 280 g/mol. The lowest BCUT2D eigenvalue weighted by Gasteiger charge is -2.22. The highest BCUT2D eigenvalue weighted by atomic mass is 16.5. The van der Waals surface area contributed by atoms with Gasteiger partial charge in [-0.1, -0.05) is 53.9 Å². The molecule has 0 aliphatic carbocycles. The molecule has 0 N–H and O–H groups in total. The minimum Gasteiger partial charge on any atom is -0.466 e. The van der Waals surface area contributed by atoms with Crippen molar-refractivity contribution < 1.29 is 19.1 Å². The largest absolute Gasteiger partial charge is 0.466 e. The fourth-order valence-electron chi connectivity index (χ4n) is 2.40. The molecule has 0 spiro atoms. The molecule has 0 aliphatic heterocycles. The first-order valence-electron chi connectivity index (χ1n) is 8.56. The van der Waals surface area contributed by atoms with Gasteiger partial charge in [-0.25, -0.2) is 0 Å². The normalized spacial score (nSPS) is 12.8. The number of esters is 2. The Labute approximate surface area is 135 Å². The first-order valence-corrected chi connectivity index (χ1v) is 8.56. The van der Waals surface area contributed by atoms with Crippen LogP contribution in [0.4, 0.5) is 0 Å². The van der Waals surface area contributed by atoms with Gasteiger partial charge in [0, 0.05) is 0 Å². The van der Waals surface area contributed by atoms with E-state index >= 15 is 0 Å². The van der Waals surface area contributed by atoms with Crippen molar-refractivity contribution in [2.45, 2.75) is 79.6 Å². The highest BCUT2D eigenvalue weighted by Gasteiger charge is 2.17. The second-order valence-corrected chi connectivity index (χ2v) is 7.33. The van der Waals surface area contributed by atoms with Crippen molar-refractivity contribution in [3.8, 4) is 0 Å². The lowest BCUT2D eigenvalue weighted by Crippen LogP contribution is -2.18. The van der Waals surface area contributed by atoms with E-state index < -0.39 is 0 Å². The molecule has 130 valence electrons. The molecule has 22 heavy (non-hydrogen) atoms. The zero-order chi connectivity index (χ0) is 17.0. The van der Waals surface area contributed by atoms with E-state index in [0.717, 1.165) is 32.1 Å². The van der Waals surface area contributed by atoms with Crippen molar-refractivity contribution >= 4 is 11.9 Å². The van der Waals surface area contributed by atoms with Crippen LogP contribution >= 0.6 is 0 Å². The van der Waals surface area contributed by atoms with Gasteiger partial charge >= 0.3 is 11.9 Å². The standard InChI is InChI=1S/C18H34O4/c1-6-7-8-9-12-21-16(19)10-11-17(20)22-14-15(2)13-18(3,4)5/h15H,6-14H2,1-5H3. The van der Waals surface area contributed by atoms with Crippen LogP contribution in [0.5, 0.6) is 0 Å². The second-order valence-electron chi connectivity index (χ2n) is 7.33. The third-order valence-electron chi connectivity index (χ3n) is 3.28. The minimum atomic E-state index is -0.316. The Balaban J connectivity index is 3.65. The summed E-state index contributed by atoms with van der Waals surface area (Å²) in [7, 11) is 0. The van der Waals surface area contributed by atoms with Crippen LogP contribution in [0.15, 0.2) is 0 Å². The Bertz CT molecular complexity index is 318. The predicted octanol–water partition coefficient (Wildman–Crippen LogP) is 4.51. The minimum absolute atomic E-state index is 0.107. The van der Waals surface area contributed by atoms with Crippen molar-refractivity contribution in [3.63, 3.8) is 0 Å². The van der Waals surface area contributed by atoms with Gasteiger partial charge in [0.15, 0.2) is 0 Å². The van der Waals surface area contributed by atoms with Crippen molar-refractivity contribution in [3.05, 3.63) is 0 Å². The molecule has 0 aromatic heterocycles. The van der Waals surface area contributed by atoms with Crippen molar-refractivity contribution in [1.29, 1.82) is 0 Å². The van der Waals surface area contributed by atoms with E-state index in [2.05, 4.69) is 34.6 Å². The average molecular weight is 314 g/mol. The Morgan fingerprint density at radius 3 is 2.09 bits per heavy atom. The van der Waals surface area contributed by atoms with Crippen LogP contribution in [0.3, 0.4) is 0 Å². The molecule has 0 saturated carbocycles. The molecule has 0 rings (SSSR count). The SMILES string of the molecule is CCCCCCOC(=O)CCC(=O)OCC(C)CC(C)(C)C. The van der Waals surface area contributed by atoms with Gasteiger partial charge < -0.3 is 9.47 Å². The zero-order valence-corrected chi connectivity index (χ0v) is 15.1. The quantitative estimate of drug-likeness (QED) is 0.416. The predicted molar refractivity (Wildman–Crippen MR) is 88.5 cm³/mol. The van der Waals surface area contributed by atoms with E-state index in [9.17, 15) is 9.59 Å². The Kier molecular flexibility index (Phi) is 10.9. The van der Waals surface area contributed by atoms with E-state index in [-0.39, 0.29) is 30.2 Å². The summed E-state index contributed by atoms with van der Waals surface area (Å²) in [6.45, 7) is 11.6. The molecule has 0 aliphatic rings. The van der Waals surface area contributed by atoms with Crippen LogP contribution in [0, 0.1) is 11.3 Å². The fourth-order valence-corrected chi connectivity index (χ4v) is 2.40. The van der Waals surface area contributed by atoms with Crippen LogP contribution in [-0.2, 0) is 19.1 Å². The van der Waals surface area contributed by atoms with Gasteiger partial charge in [0.1, 0.15) is 0 Å². The number of rotatable bonds is 11. The highest BCUT2D eigenvalue weighted by molar-refractivity contribution is 5.77. The summed E-state index contributed by atoms with van der Waals surface area (Å²) in [5, 5.41) is 0. The number of unbranched alkanes of at least 4 members (excludes halogenated alkanes) is 3. The van der Waals surface area contributed by atoms with Gasteiger partial charge in [-0.3, -0.25) is 9.59 Å². The summed E-state index contributed by atoms with van der Waals surface area (Å²) in [4.78, 5) is 23.1. The van der Waals surface area contributed by atoms with E-state index in [4.69, 9.17) is 9.47 Å². The summed E-state index contributed by atoms with van der Waals surface area (Å²) in [5.41, 5.74) is 0.230. The summed E-state index contributed by atoms with van der Waals surface area (Å²) in [5.74, 6) is -0.297. The van der Waals surface area contributed by atoms with E-state index in [0.29, 0.717) is 19.1 Å². The van der Waals surface area contributed by atoms with Crippen LogP contribution in [-0.4, -0.2) is 25.2 Å². The Hall–Kier alpha value is -1.06. The van der Waals surface area contributed by atoms with Gasteiger partial charge in [0.25, 0.3) is 0 Å². The Morgan fingerprint density at radius 2 is 1.55 bits per heavy atom. The third kappa shape index (κ3) is 13.9. The number of ether oxygens (including phenoxy) is 2. The van der Waals surface area contributed by atoms with E-state index in [1.165, 1.54) is 0 Å². The molecule has 0 bridgehead atoms.